The highest BCUT2D eigenvalue weighted by atomic mass is 35.5. The molecule has 0 bridgehead atoms. The number of halogens is 1. The fourth-order valence-electron chi connectivity index (χ4n) is 1.99. The minimum Gasteiger partial charge on any atom is -0.493 e. The highest BCUT2D eigenvalue weighted by Crippen LogP contribution is 2.34. The molecule has 1 aromatic carbocycles. The van der Waals surface area contributed by atoms with Crippen LogP contribution in [0.2, 0.25) is 5.28 Å². The van der Waals surface area contributed by atoms with Crippen molar-refractivity contribution in [3.05, 3.63) is 17.4 Å². The molecule has 2 aromatic rings. The molecule has 1 N–H and O–H groups in total. The van der Waals surface area contributed by atoms with Crippen molar-refractivity contribution in [3.8, 4) is 11.5 Å². The maximum Gasteiger partial charge on any atom is 0.224 e. The number of methoxy groups -OCH3 is 3. The monoisotopic (exact) mass is 311 g/mol. The quantitative estimate of drug-likeness (QED) is 0.626. The molecule has 2 rings (SSSR count). The van der Waals surface area contributed by atoms with Crippen LogP contribution in [0.15, 0.2) is 12.1 Å². The smallest absolute Gasteiger partial charge is 0.224 e. The molecule has 0 spiro atoms. The van der Waals surface area contributed by atoms with Gasteiger partial charge >= 0.3 is 0 Å². The van der Waals surface area contributed by atoms with Gasteiger partial charge in [-0.1, -0.05) is 0 Å². The normalized spacial score (nSPS) is 10.7. The lowest BCUT2D eigenvalue weighted by atomic mass is 10.2. The van der Waals surface area contributed by atoms with Crippen LogP contribution in [0.5, 0.6) is 11.5 Å². The van der Waals surface area contributed by atoms with Crippen LogP contribution in [0.1, 0.15) is 6.42 Å². The van der Waals surface area contributed by atoms with Crippen molar-refractivity contribution in [2.45, 2.75) is 6.42 Å². The maximum atomic E-state index is 5.97. The van der Waals surface area contributed by atoms with Crippen molar-refractivity contribution in [1.82, 2.24) is 9.97 Å². The number of benzene rings is 1. The summed E-state index contributed by atoms with van der Waals surface area (Å²) in [5.41, 5.74) is 0.696. The van der Waals surface area contributed by atoms with E-state index in [1.807, 2.05) is 6.07 Å². The third kappa shape index (κ3) is 3.65. The standard InChI is InChI=1S/C14H18ClN3O3/c1-19-6-4-5-16-13-9-7-11(20-2)12(21-3)8-10(9)17-14(15)18-13/h7-8H,4-6H2,1-3H3,(H,16,17,18). The first-order valence-electron chi connectivity index (χ1n) is 6.51. The maximum absolute atomic E-state index is 5.97. The minimum atomic E-state index is 0.184. The first kappa shape index (κ1) is 15.6. The van der Waals surface area contributed by atoms with E-state index in [-0.39, 0.29) is 5.28 Å². The van der Waals surface area contributed by atoms with E-state index in [0.717, 1.165) is 18.4 Å². The zero-order valence-electron chi connectivity index (χ0n) is 12.3. The van der Waals surface area contributed by atoms with Gasteiger partial charge in [-0.25, -0.2) is 9.97 Å². The molecule has 1 heterocycles. The number of hydrogen-bond donors (Lipinski definition) is 1. The van der Waals surface area contributed by atoms with E-state index in [1.54, 1.807) is 27.4 Å². The first-order valence-corrected chi connectivity index (χ1v) is 6.89. The summed E-state index contributed by atoms with van der Waals surface area (Å²) < 4.78 is 15.6. The second-order valence-corrected chi connectivity index (χ2v) is 4.68. The van der Waals surface area contributed by atoms with Gasteiger partial charge in [0.15, 0.2) is 11.5 Å². The van der Waals surface area contributed by atoms with Gasteiger partial charge in [0.25, 0.3) is 0 Å². The zero-order chi connectivity index (χ0) is 15.2. The van der Waals surface area contributed by atoms with E-state index in [9.17, 15) is 0 Å². The van der Waals surface area contributed by atoms with E-state index in [1.165, 1.54) is 0 Å². The summed E-state index contributed by atoms with van der Waals surface area (Å²) >= 11 is 5.97. The van der Waals surface area contributed by atoms with Crippen LogP contribution in [0.25, 0.3) is 10.9 Å². The van der Waals surface area contributed by atoms with Gasteiger partial charge in [-0.2, -0.15) is 0 Å². The Morgan fingerprint density at radius 2 is 1.81 bits per heavy atom. The van der Waals surface area contributed by atoms with Crippen LogP contribution < -0.4 is 14.8 Å². The number of nitrogens with zero attached hydrogens (tertiary/aromatic N) is 2. The summed E-state index contributed by atoms with van der Waals surface area (Å²) in [7, 11) is 4.84. The average Bonchev–Trinajstić information content (AvgIpc) is 2.49. The fraction of sp³-hybridized carbons (Fsp3) is 0.429. The van der Waals surface area contributed by atoms with Gasteiger partial charge in [-0.15, -0.1) is 0 Å². The van der Waals surface area contributed by atoms with Gasteiger partial charge in [0.05, 0.1) is 19.7 Å². The molecule has 0 atom stereocenters. The SMILES string of the molecule is COCCCNc1nc(Cl)nc2cc(OC)c(OC)cc12. The predicted octanol–water partition coefficient (Wildman–Crippen LogP) is 2.75. The number of anilines is 1. The predicted molar refractivity (Wildman–Crippen MR) is 82.6 cm³/mol. The average molecular weight is 312 g/mol. The van der Waals surface area contributed by atoms with Gasteiger partial charge in [0.1, 0.15) is 5.82 Å². The Bertz CT molecular complexity index is 622. The Morgan fingerprint density at radius 1 is 1.10 bits per heavy atom. The highest BCUT2D eigenvalue weighted by Gasteiger charge is 2.12. The minimum absolute atomic E-state index is 0.184. The van der Waals surface area contributed by atoms with Crippen molar-refractivity contribution in [1.29, 1.82) is 0 Å². The lowest BCUT2D eigenvalue weighted by Crippen LogP contribution is -2.07. The van der Waals surface area contributed by atoms with Crippen molar-refractivity contribution in [3.63, 3.8) is 0 Å². The summed E-state index contributed by atoms with van der Waals surface area (Å²) in [6.07, 6.45) is 0.868. The zero-order valence-corrected chi connectivity index (χ0v) is 13.0. The van der Waals surface area contributed by atoms with E-state index >= 15 is 0 Å². The molecule has 7 heteroatoms. The molecule has 0 aliphatic carbocycles. The molecule has 0 radical (unpaired) electrons. The largest absolute Gasteiger partial charge is 0.493 e. The number of ether oxygens (including phenoxy) is 3. The molecule has 21 heavy (non-hydrogen) atoms. The number of hydrogen-bond acceptors (Lipinski definition) is 6. The van der Waals surface area contributed by atoms with Crippen molar-refractivity contribution >= 4 is 28.3 Å². The van der Waals surface area contributed by atoms with E-state index in [4.69, 9.17) is 25.8 Å². The van der Waals surface area contributed by atoms with Crippen LogP contribution in [-0.4, -0.2) is 44.4 Å². The van der Waals surface area contributed by atoms with Gasteiger partial charge in [-0.05, 0) is 24.1 Å². The van der Waals surface area contributed by atoms with Crippen molar-refractivity contribution in [2.24, 2.45) is 0 Å². The topological polar surface area (TPSA) is 65.5 Å². The number of nitrogens with one attached hydrogen (secondary N) is 1. The molecule has 0 amide bonds. The van der Waals surface area contributed by atoms with Crippen LogP contribution in [-0.2, 0) is 4.74 Å². The third-order valence-corrected chi connectivity index (χ3v) is 3.16. The number of fused-ring (bicyclic) bond motifs is 1. The van der Waals surface area contributed by atoms with E-state index < -0.39 is 0 Å². The molecule has 0 unspecified atom stereocenters. The van der Waals surface area contributed by atoms with Crippen LogP contribution in [0, 0.1) is 0 Å². The fourth-order valence-corrected chi connectivity index (χ4v) is 2.16. The molecular formula is C14H18ClN3O3. The summed E-state index contributed by atoms with van der Waals surface area (Å²) in [6.45, 7) is 1.41. The summed E-state index contributed by atoms with van der Waals surface area (Å²) in [5.74, 6) is 1.89. The molecule has 114 valence electrons. The Balaban J connectivity index is 2.39. The Hall–Kier alpha value is -1.79. The second-order valence-electron chi connectivity index (χ2n) is 4.34. The van der Waals surface area contributed by atoms with Crippen LogP contribution in [0.3, 0.4) is 0 Å². The lowest BCUT2D eigenvalue weighted by molar-refractivity contribution is 0.198. The number of aromatic nitrogens is 2. The molecule has 0 saturated heterocycles. The Labute approximate surface area is 128 Å². The molecule has 1 aromatic heterocycles. The molecule has 0 fully saturated rings. The number of rotatable bonds is 7. The Morgan fingerprint density at radius 3 is 2.48 bits per heavy atom. The van der Waals surface area contributed by atoms with Gasteiger partial charge in [0.2, 0.25) is 5.28 Å². The molecule has 0 saturated carbocycles. The summed E-state index contributed by atoms with van der Waals surface area (Å²) in [4.78, 5) is 8.45. The first-order chi connectivity index (χ1) is 10.2. The van der Waals surface area contributed by atoms with E-state index in [2.05, 4.69) is 15.3 Å². The highest BCUT2D eigenvalue weighted by molar-refractivity contribution is 6.28. The van der Waals surface area contributed by atoms with Gasteiger partial charge < -0.3 is 19.5 Å². The summed E-state index contributed by atoms with van der Waals surface area (Å²) in [5, 5.41) is 4.25. The van der Waals surface area contributed by atoms with Gasteiger partial charge in [-0.3, -0.25) is 0 Å². The molecule has 0 aliphatic heterocycles. The summed E-state index contributed by atoms with van der Waals surface area (Å²) in [6, 6.07) is 3.62. The molecule has 6 nitrogen and oxygen atoms in total. The molecular weight excluding hydrogens is 294 g/mol. The van der Waals surface area contributed by atoms with Crippen molar-refractivity contribution < 1.29 is 14.2 Å². The third-order valence-electron chi connectivity index (χ3n) is 2.99. The van der Waals surface area contributed by atoms with Crippen molar-refractivity contribution in [2.75, 3.05) is 39.8 Å². The molecule has 0 aliphatic rings. The van der Waals surface area contributed by atoms with Crippen LogP contribution in [0.4, 0.5) is 5.82 Å². The second kappa shape index (κ2) is 7.28. The van der Waals surface area contributed by atoms with Crippen LogP contribution >= 0.6 is 11.6 Å². The lowest BCUT2D eigenvalue weighted by Gasteiger charge is -2.12. The van der Waals surface area contributed by atoms with Gasteiger partial charge in [0, 0.05) is 31.7 Å². The van der Waals surface area contributed by atoms with E-state index in [0.29, 0.717) is 29.4 Å². The Kier molecular flexibility index (Phi) is 5.41.